The van der Waals surface area contributed by atoms with Crippen molar-refractivity contribution in [3.05, 3.63) is 21.6 Å². The molecule has 5 nitrogen and oxygen atoms in total. The van der Waals surface area contributed by atoms with Crippen LogP contribution in [-0.4, -0.2) is 28.2 Å². The zero-order valence-electron chi connectivity index (χ0n) is 12.0. The van der Waals surface area contributed by atoms with E-state index in [1.54, 1.807) is 0 Å². The van der Waals surface area contributed by atoms with Gasteiger partial charge in [0.25, 0.3) is 0 Å². The van der Waals surface area contributed by atoms with Crippen LogP contribution in [0.3, 0.4) is 0 Å². The molecular formula is C13H20BrClN2O3S. The lowest BCUT2D eigenvalue weighted by Gasteiger charge is -2.11. The summed E-state index contributed by atoms with van der Waals surface area (Å²) in [6, 6.07) is 2.84. The molecule has 8 heteroatoms. The Labute approximate surface area is 139 Å². The maximum Gasteiger partial charge on any atom is 0.241 e. The molecule has 0 heterocycles. The summed E-state index contributed by atoms with van der Waals surface area (Å²) in [6.45, 7) is 5.34. The minimum absolute atomic E-state index is 0.0229. The molecule has 1 rings (SSSR count). The molecule has 0 aliphatic carbocycles. The second-order valence-electron chi connectivity index (χ2n) is 5.00. The third-order valence-corrected chi connectivity index (χ3v) is 5.55. The number of nitrogen functional groups attached to an aromatic ring is 1. The van der Waals surface area contributed by atoms with Gasteiger partial charge in [-0.25, -0.2) is 13.1 Å². The molecule has 0 spiro atoms. The van der Waals surface area contributed by atoms with E-state index in [2.05, 4.69) is 34.5 Å². The number of hydrogen-bond acceptors (Lipinski definition) is 4. The Morgan fingerprint density at radius 2 is 2.05 bits per heavy atom. The minimum atomic E-state index is -3.68. The molecule has 0 saturated carbocycles. The minimum Gasteiger partial charge on any atom is -0.398 e. The maximum absolute atomic E-state index is 12.2. The molecule has 0 aliphatic rings. The van der Waals surface area contributed by atoms with Gasteiger partial charge in [-0.15, -0.1) is 0 Å². The van der Waals surface area contributed by atoms with Crippen molar-refractivity contribution in [2.75, 3.05) is 25.5 Å². The second kappa shape index (κ2) is 8.33. The smallest absolute Gasteiger partial charge is 0.241 e. The van der Waals surface area contributed by atoms with Gasteiger partial charge in [0.2, 0.25) is 10.0 Å². The fraction of sp³-hybridized carbons (Fsp3) is 0.538. The number of anilines is 1. The predicted molar refractivity (Wildman–Crippen MR) is 89.0 cm³/mol. The van der Waals surface area contributed by atoms with Crippen molar-refractivity contribution in [3.63, 3.8) is 0 Å². The number of rotatable bonds is 8. The van der Waals surface area contributed by atoms with Gasteiger partial charge in [-0.2, -0.15) is 0 Å². The second-order valence-corrected chi connectivity index (χ2v) is 7.96. The van der Waals surface area contributed by atoms with E-state index in [1.165, 1.54) is 12.1 Å². The molecule has 0 amide bonds. The Balaban J connectivity index is 2.59. The fourth-order valence-corrected chi connectivity index (χ4v) is 3.83. The maximum atomic E-state index is 12.2. The van der Waals surface area contributed by atoms with Crippen molar-refractivity contribution in [2.45, 2.75) is 25.2 Å². The first kappa shape index (κ1) is 18.7. The van der Waals surface area contributed by atoms with Gasteiger partial charge in [-0.3, -0.25) is 0 Å². The van der Waals surface area contributed by atoms with Gasteiger partial charge in [0.15, 0.2) is 0 Å². The molecule has 0 aliphatic heterocycles. The topological polar surface area (TPSA) is 81.4 Å². The van der Waals surface area contributed by atoms with E-state index in [0.717, 1.165) is 6.42 Å². The average Bonchev–Trinajstić information content (AvgIpc) is 2.37. The summed E-state index contributed by atoms with van der Waals surface area (Å²) in [5.74, 6) is 0.562. The molecule has 1 aromatic rings. The van der Waals surface area contributed by atoms with Crippen LogP contribution in [0.1, 0.15) is 20.3 Å². The highest BCUT2D eigenvalue weighted by molar-refractivity contribution is 9.10. The highest BCUT2D eigenvalue weighted by atomic mass is 79.9. The first-order chi connectivity index (χ1) is 9.74. The van der Waals surface area contributed by atoms with E-state index < -0.39 is 10.0 Å². The van der Waals surface area contributed by atoms with Crippen LogP contribution in [0.2, 0.25) is 5.02 Å². The summed E-state index contributed by atoms with van der Waals surface area (Å²) < 4.78 is 32.5. The summed E-state index contributed by atoms with van der Waals surface area (Å²) in [5, 5.41) is 0.268. The molecule has 21 heavy (non-hydrogen) atoms. The Bertz CT molecular complexity index is 579. The number of ether oxygens (including phenoxy) is 1. The fourth-order valence-electron chi connectivity index (χ4n) is 1.53. The third kappa shape index (κ3) is 6.12. The van der Waals surface area contributed by atoms with Crippen LogP contribution in [0.25, 0.3) is 0 Å². The molecular weight excluding hydrogens is 380 g/mol. The summed E-state index contributed by atoms with van der Waals surface area (Å²) >= 11 is 9.01. The third-order valence-electron chi connectivity index (χ3n) is 2.70. The number of benzene rings is 1. The van der Waals surface area contributed by atoms with E-state index in [-0.39, 0.29) is 22.2 Å². The molecule has 1 aromatic carbocycles. The lowest BCUT2D eigenvalue weighted by molar-refractivity contribution is 0.128. The molecule has 3 N–H and O–H groups in total. The molecule has 120 valence electrons. The van der Waals surface area contributed by atoms with Crippen LogP contribution in [0.5, 0.6) is 0 Å². The number of sulfonamides is 1. The van der Waals surface area contributed by atoms with Crippen molar-refractivity contribution in [2.24, 2.45) is 5.92 Å². The van der Waals surface area contributed by atoms with Gasteiger partial charge < -0.3 is 10.5 Å². The molecule has 0 fully saturated rings. The summed E-state index contributed by atoms with van der Waals surface area (Å²) in [7, 11) is -3.68. The van der Waals surface area contributed by atoms with Crippen LogP contribution in [-0.2, 0) is 14.8 Å². The number of nitrogens with one attached hydrogen (secondary N) is 1. The van der Waals surface area contributed by atoms with Crippen molar-refractivity contribution >= 4 is 43.2 Å². The molecule has 0 bridgehead atoms. The van der Waals surface area contributed by atoms with E-state index in [4.69, 9.17) is 22.1 Å². The van der Waals surface area contributed by atoms with Crippen LogP contribution in [0.4, 0.5) is 5.69 Å². The summed E-state index contributed by atoms with van der Waals surface area (Å²) in [6.07, 6.45) is 0.948. The first-order valence-electron chi connectivity index (χ1n) is 6.56. The van der Waals surface area contributed by atoms with Gasteiger partial charge in [0, 0.05) is 23.9 Å². The van der Waals surface area contributed by atoms with E-state index in [9.17, 15) is 8.42 Å². The zero-order chi connectivity index (χ0) is 16.0. The standard InChI is InChI=1S/C13H20BrClN2O3S/c1-9(2)3-5-20-6-4-17-21(18,19)12-8-10(15)7-11(16)13(12)14/h7-9,17H,3-6,16H2,1-2H3. The highest BCUT2D eigenvalue weighted by Gasteiger charge is 2.19. The first-order valence-corrected chi connectivity index (χ1v) is 9.21. The number of halogens is 2. The number of nitrogens with two attached hydrogens (primary N) is 1. The van der Waals surface area contributed by atoms with Gasteiger partial charge >= 0.3 is 0 Å². The Kier molecular flexibility index (Phi) is 7.42. The normalized spacial score (nSPS) is 12.0. The predicted octanol–water partition coefficient (Wildman–Crippen LogP) is 3.03. The van der Waals surface area contributed by atoms with Gasteiger partial charge in [-0.05, 0) is 40.4 Å². The Morgan fingerprint density at radius 3 is 2.67 bits per heavy atom. The van der Waals surface area contributed by atoms with E-state index >= 15 is 0 Å². The lowest BCUT2D eigenvalue weighted by Crippen LogP contribution is -2.28. The van der Waals surface area contributed by atoms with Crippen LogP contribution in [0.15, 0.2) is 21.5 Å². The monoisotopic (exact) mass is 398 g/mol. The Morgan fingerprint density at radius 1 is 1.38 bits per heavy atom. The molecule has 0 radical (unpaired) electrons. The van der Waals surface area contributed by atoms with Crippen LogP contribution in [0, 0.1) is 5.92 Å². The molecule has 0 aromatic heterocycles. The van der Waals surface area contributed by atoms with Crippen LogP contribution < -0.4 is 10.5 Å². The van der Waals surface area contributed by atoms with Crippen molar-refractivity contribution in [1.82, 2.24) is 4.72 Å². The molecule has 0 atom stereocenters. The summed E-state index contributed by atoms with van der Waals surface area (Å²) in [4.78, 5) is 0.0229. The number of hydrogen-bond donors (Lipinski definition) is 2. The zero-order valence-corrected chi connectivity index (χ0v) is 15.2. The van der Waals surface area contributed by atoms with Crippen molar-refractivity contribution < 1.29 is 13.2 Å². The quantitative estimate of drug-likeness (QED) is 0.520. The Hall–Kier alpha value is -0.340. The van der Waals surface area contributed by atoms with Gasteiger partial charge in [0.05, 0.1) is 16.0 Å². The van der Waals surface area contributed by atoms with Crippen LogP contribution >= 0.6 is 27.5 Å². The molecule has 0 saturated heterocycles. The van der Waals surface area contributed by atoms with E-state index in [0.29, 0.717) is 23.6 Å². The van der Waals surface area contributed by atoms with Crippen molar-refractivity contribution in [1.29, 1.82) is 0 Å². The SMILES string of the molecule is CC(C)CCOCCNS(=O)(=O)c1cc(Cl)cc(N)c1Br. The van der Waals surface area contributed by atoms with Crippen molar-refractivity contribution in [3.8, 4) is 0 Å². The molecule has 0 unspecified atom stereocenters. The highest BCUT2D eigenvalue weighted by Crippen LogP contribution is 2.31. The van der Waals surface area contributed by atoms with Gasteiger partial charge in [-0.1, -0.05) is 25.4 Å². The average molecular weight is 400 g/mol. The lowest BCUT2D eigenvalue weighted by atomic mass is 10.1. The largest absolute Gasteiger partial charge is 0.398 e. The van der Waals surface area contributed by atoms with E-state index in [1.807, 2.05) is 0 Å². The summed E-state index contributed by atoms with van der Waals surface area (Å²) in [5.41, 5.74) is 5.97. The van der Waals surface area contributed by atoms with Gasteiger partial charge in [0.1, 0.15) is 0 Å².